The summed E-state index contributed by atoms with van der Waals surface area (Å²) < 4.78 is 13.6. The molecule has 0 amide bonds. The highest BCUT2D eigenvalue weighted by Crippen LogP contribution is 2.25. The number of hydrogen-bond donors (Lipinski definition) is 7. The van der Waals surface area contributed by atoms with Gasteiger partial charge in [-0.3, -0.25) is 0 Å². The number of aliphatic hydroxyl groups is 4. The summed E-state index contributed by atoms with van der Waals surface area (Å²) in [6.45, 7) is -1.19. The molecule has 0 aromatic carbocycles. The SMILES string of the molecule is O=C([O-])[C@H](O)[C@@H](O)[C@H](O)[C@H](O)COP(=O)([O-])[O-].[NH4+].[NH4+].[NH4+]. The summed E-state index contributed by atoms with van der Waals surface area (Å²) in [5.74, 6) is -2.11. The zero-order chi connectivity index (χ0) is 13.8. The van der Waals surface area contributed by atoms with Crippen LogP contribution in [-0.4, -0.2) is 57.4 Å². The smallest absolute Gasteiger partial charge is 0.122 e. The van der Waals surface area contributed by atoms with Gasteiger partial charge in [-0.25, -0.2) is 0 Å². The van der Waals surface area contributed by atoms with Crippen molar-refractivity contribution >= 4 is 13.8 Å². The summed E-state index contributed by atoms with van der Waals surface area (Å²) in [5.41, 5.74) is 0. The van der Waals surface area contributed by atoms with Crippen LogP contribution in [0.15, 0.2) is 0 Å². The van der Waals surface area contributed by atoms with Gasteiger partial charge in [-0.15, -0.1) is 0 Å². The molecule has 126 valence electrons. The van der Waals surface area contributed by atoms with Gasteiger partial charge < -0.3 is 67.7 Å². The molecule has 4 atom stereocenters. The molecular formula is C6H22N3O10P. The third-order valence-electron chi connectivity index (χ3n) is 1.71. The molecule has 0 rings (SSSR count). The minimum atomic E-state index is -5.38. The Morgan fingerprint density at radius 1 is 1.05 bits per heavy atom. The van der Waals surface area contributed by atoms with E-state index in [1.807, 2.05) is 0 Å². The molecule has 14 heteroatoms. The number of hydrogen-bond acceptors (Lipinski definition) is 10. The Hall–Kier alpha value is -0.700. The molecular weight excluding hydrogens is 305 g/mol. The quantitative estimate of drug-likeness (QED) is 0.218. The molecule has 0 unspecified atom stereocenters. The lowest BCUT2D eigenvalue weighted by Crippen LogP contribution is -2.52. The summed E-state index contributed by atoms with van der Waals surface area (Å²) in [6.07, 6.45) is -9.16. The van der Waals surface area contributed by atoms with Crippen LogP contribution in [0.1, 0.15) is 0 Å². The fraction of sp³-hybridized carbons (Fsp3) is 0.833. The first kappa shape index (κ1) is 27.6. The predicted molar refractivity (Wildman–Crippen MR) is 60.5 cm³/mol. The van der Waals surface area contributed by atoms with Gasteiger partial charge in [0.1, 0.15) is 24.4 Å². The first-order valence-electron chi connectivity index (χ1n) is 4.16. The first-order valence-corrected chi connectivity index (χ1v) is 5.62. The zero-order valence-electron chi connectivity index (χ0n) is 11.2. The van der Waals surface area contributed by atoms with Crippen LogP contribution in [0.5, 0.6) is 0 Å². The Labute approximate surface area is 113 Å². The van der Waals surface area contributed by atoms with Gasteiger partial charge in [0.2, 0.25) is 0 Å². The van der Waals surface area contributed by atoms with Crippen LogP contribution in [-0.2, 0) is 13.9 Å². The molecule has 0 saturated heterocycles. The Kier molecular flexibility index (Phi) is 15.2. The Bertz CT molecular complexity index is 311. The van der Waals surface area contributed by atoms with Gasteiger partial charge in [-0.2, -0.15) is 0 Å². The van der Waals surface area contributed by atoms with Crippen molar-refractivity contribution in [1.82, 2.24) is 18.5 Å². The standard InChI is InChI=1S/C6H13O10P.3H3N/c7-2(1-16-17(13,14)15)3(8)4(9)5(10)6(11)12;;;/h2-5,7-10H,1H2,(H,11,12)(H2,13,14,15);3*1H3/t2-,3-,4+,5-;;;/m1.../s1. The maximum atomic E-state index is 10.1. The molecule has 0 saturated carbocycles. The maximum absolute atomic E-state index is 10.1. The van der Waals surface area contributed by atoms with Crippen molar-refractivity contribution in [3.8, 4) is 0 Å². The molecule has 0 bridgehead atoms. The fourth-order valence-corrected chi connectivity index (χ4v) is 1.16. The summed E-state index contributed by atoms with van der Waals surface area (Å²) >= 11 is 0. The van der Waals surface area contributed by atoms with Crippen LogP contribution >= 0.6 is 7.82 Å². The molecule has 0 radical (unpaired) electrons. The molecule has 13 nitrogen and oxygen atoms in total. The van der Waals surface area contributed by atoms with Gasteiger partial charge >= 0.3 is 0 Å². The van der Waals surface area contributed by atoms with Crippen molar-refractivity contribution in [2.75, 3.05) is 6.61 Å². The number of rotatable bonds is 7. The molecule has 0 aromatic rings. The average molecular weight is 327 g/mol. The average Bonchev–Trinajstić information content (AvgIpc) is 2.21. The summed E-state index contributed by atoms with van der Waals surface area (Å²) in [6, 6.07) is 0. The van der Waals surface area contributed by atoms with Crippen molar-refractivity contribution in [2.24, 2.45) is 0 Å². The lowest BCUT2D eigenvalue weighted by molar-refractivity contribution is -0.343. The van der Waals surface area contributed by atoms with E-state index >= 15 is 0 Å². The van der Waals surface area contributed by atoms with Crippen LogP contribution in [0.4, 0.5) is 0 Å². The third kappa shape index (κ3) is 10.1. The van der Waals surface area contributed by atoms with Crippen molar-refractivity contribution in [1.29, 1.82) is 0 Å². The van der Waals surface area contributed by atoms with Crippen molar-refractivity contribution in [2.45, 2.75) is 24.4 Å². The number of aliphatic carboxylic acids is 1. The minimum Gasteiger partial charge on any atom is -0.790 e. The summed E-state index contributed by atoms with van der Waals surface area (Å²) in [7, 11) is -5.38. The largest absolute Gasteiger partial charge is 0.790 e. The van der Waals surface area contributed by atoms with E-state index in [0.29, 0.717) is 0 Å². The second kappa shape index (κ2) is 11.0. The van der Waals surface area contributed by atoms with Crippen molar-refractivity contribution in [3.63, 3.8) is 0 Å². The number of phosphoric acid groups is 1. The van der Waals surface area contributed by atoms with E-state index in [0.717, 1.165) is 0 Å². The highest BCUT2D eigenvalue weighted by atomic mass is 31.2. The second-order valence-electron chi connectivity index (χ2n) is 3.06. The van der Waals surface area contributed by atoms with Crippen LogP contribution in [0.25, 0.3) is 0 Å². The summed E-state index contributed by atoms with van der Waals surface area (Å²) in [5, 5.41) is 45.9. The van der Waals surface area contributed by atoms with Crippen LogP contribution in [0.2, 0.25) is 0 Å². The number of carbonyl (C=O) groups is 1. The Balaban J connectivity index is -0.000000427. The maximum Gasteiger partial charge on any atom is 0.122 e. The highest BCUT2D eigenvalue weighted by Gasteiger charge is 2.31. The monoisotopic (exact) mass is 327 g/mol. The molecule has 0 fully saturated rings. The van der Waals surface area contributed by atoms with Gasteiger partial charge in [0.15, 0.2) is 0 Å². The van der Waals surface area contributed by atoms with E-state index in [2.05, 4.69) is 4.52 Å². The Morgan fingerprint density at radius 2 is 1.45 bits per heavy atom. The molecule has 16 N–H and O–H groups in total. The van der Waals surface area contributed by atoms with Gasteiger partial charge in [-0.05, 0) is 0 Å². The van der Waals surface area contributed by atoms with Crippen molar-refractivity contribution in [3.05, 3.63) is 0 Å². The van der Waals surface area contributed by atoms with Crippen LogP contribution < -0.4 is 33.3 Å². The molecule has 0 aliphatic heterocycles. The molecule has 0 aliphatic rings. The van der Waals surface area contributed by atoms with E-state index in [4.69, 9.17) is 20.4 Å². The number of aliphatic hydroxyl groups excluding tert-OH is 4. The zero-order valence-corrected chi connectivity index (χ0v) is 12.1. The number of carboxylic acid groups (broad SMARTS) is 1. The molecule has 0 aliphatic carbocycles. The first-order chi connectivity index (χ1) is 7.56. The number of carbonyl (C=O) groups excluding carboxylic acids is 1. The molecule has 20 heavy (non-hydrogen) atoms. The van der Waals surface area contributed by atoms with E-state index in [-0.39, 0.29) is 18.5 Å². The lowest BCUT2D eigenvalue weighted by Gasteiger charge is -2.32. The second-order valence-corrected chi connectivity index (χ2v) is 4.21. The van der Waals surface area contributed by atoms with Crippen molar-refractivity contribution < 1.29 is 49.2 Å². The summed E-state index contributed by atoms with van der Waals surface area (Å²) in [4.78, 5) is 30.1. The predicted octanol–water partition coefficient (Wildman–Crippen LogP) is -4.85. The third-order valence-corrected chi connectivity index (χ3v) is 2.18. The fourth-order valence-electron chi connectivity index (χ4n) is 0.820. The number of phosphoric ester groups is 1. The van der Waals surface area contributed by atoms with E-state index in [1.165, 1.54) is 0 Å². The van der Waals surface area contributed by atoms with Gasteiger partial charge in [-0.1, -0.05) is 0 Å². The van der Waals surface area contributed by atoms with E-state index in [9.17, 15) is 24.3 Å². The number of carboxylic acids is 1. The molecule has 0 spiro atoms. The topological polar surface area (TPSA) is 303 Å². The normalized spacial score (nSPS) is 16.5. The van der Waals surface area contributed by atoms with Crippen LogP contribution in [0.3, 0.4) is 0 Å². The highest BCUT2D eigenvalue weighted by molar-refractivity contribution is 7.43. The van der Waals surface area contributed by atoms with E-state index in [1.54, 1.807) is 0 Å². The molecule has 0 heterocycles. The lowest BCUT2D eigenvalue weighted by atomic mass is 10.0. The van der Waals surface area contributed by atoms with Gasteiger partial charge in [0, 0.05) is 0 Å². The number of quaternary nitrogens is 3. The molecule has 0 aromatic heterocycles. The van der Waals surface area contributed by atoms with Gasteiger partial charge in [0.05, 0.1) is 20.4 Å². The minimum absolute atomic E-state index is 0. The van der Waals surface area contributed by atoms with Crippen LogP contribution in [0, 0.1) is 0 Å². The van der Waals surface area contributed by atoms with Gasteiger partial charge in [0.25, 0.3) is 0 Å². The van der Waals surface area contributed by atoms with E-state index < -0.39 is 44.8 Å². The Morgan fingerprint density at radius 3 is 1.75 bits per heavy atom.